The van der Waals surface area contributed by atoms with E-state index in [0.29, 0.717) is 33.7 Å². The van der Waals surface area contributed by atoms with E-state index in [1.807, 2.05) is 42.5 Å². The molecular formula is C21H17N5O. The summed E-state index contributed by atoms with van der Waals surface area (Å²) in [4.78, 5) is 32.2. The van der Waals surface area contributed by atoms with Gasteiger partial charge in [-0.3, -0.25) is 14.8 Å². The Morgan fingerprint density at radius 3 is 1.89 bits per heavy atom. The molecule has 0 atom stereocenters. The first-order valence-electron chi connectivity index (χ1n) is 8.50. The predicted octanol–water partition coefficient (Wildman–Crippen LogP) is 3.46. The Morgan fingerprint density at radius 1 is 0.778 bits per heavy atom. The summed E-state index contributed by atoms with van der Waals surface area (Å²) < 4.78 is 0. The Bertz CT molecular complexity index is 1110. The van der Waals surface area contributed by atoms with Crippen LogP contribution in [-0.2, 0) is 0 Å². The summed E-state index contributed by atoms with van der Waals surface area (Å²) >= 11 is 0. The van der Waals surface area contributed by atoms with Gasteiger partial charge < -0.3 is 4.90 Å². The van der Waals surface area contributed by atoms with E-state index in [4.69, 9.17) is 9.97 Å². The quantitative estimate of drug-likeness (QED) is 0.563. The monoisotopic (exact) mass is 355 g/mol. The third kappa shape index (κ3) is 3.25. The standard InChI is InChI=1S/C21H17N5O/c1-26(2)21(27)14-9-10-15-18(13-14)25-20(17-8-4-6-12-23-17)19(24-15)16-7-3-5-11-22-16/h3-13H,1-2H3. The third-order valence-electron chi connectivity index (χ3n) is 4.13. The second-order valence-electron chi connectivity index (χ2n) is 6.25. The topological polar surface area (TPSA) is 71.9 Å². The van der Waals surface area contributed by atoms with Crippen molar-refractivity contribution in [2.24, 2.45) is 0 Å². The van der Waals surface area contributed by atoms with Gasteiger partial charge in [-0.2, -0.15) is 0 Å². The van der Waals surface area contributed by atoms with Crippen LogP contribution < -0.4 is 0 Å². The van der Waals surface area contributed by atoms with E-state index in [1.54, 1.807) is 38.6 Å². The maximum absolute atomic E-state index is 12.3. The number of aromatic nitrogens is 4. The van der Waals surface area contributed by atoms with Gasteiger partial charge in [-0.1, -0.05) is 12.1 Å². The molecule has 27 heavy (non-hydrogen) atoms. The molecule has 4 rings (SSSR count). The molecule has 132 valence electrons. The van der Waals surface area contributed by atoms with E-state index in [0.717, 1.165) is 5.69 Å². The Morgan fingerprint density at radius 2 is 1.37 bits per heavy atom. The van der Waals surface area contributed by atoms with Crippen LogP contribution in [0, 0.1) is 0 Å². The highest BCUT2D eigenvalue weighted by Gasteiger charge is 2.16. The molecule has 0 fully saturated rings. The largest absolute Gasteiger partial charge is 0.345 e. The van der Waals surface area contributed by atoms with Crippen molar-refractivity contribution >= 4 is 16.9 Å². The molecule has 0 saturated carbocycles. The number of fused-ring (bicyclic) bond motifs is 1. The summed E-state index contributed by atoms with van der Waals surface area (Å²) in [6, 6.07) is 16.7. The van der Waals surface area contributed by atoms with E-state index in [-0.39, 0.29) is 5.91 Å². The van der Waals surface area contributed by atoms with Gasteiger partial charge >= 0.3 is 0 Å². The van der Waals surface area contributed by atoms with Crippen LogP contribution in [0.3, 0.4) is 0 Å². The second kappa shape index (κ2) is 6.92. The molecule has 0 saturated heterocycles. The van der Waals surface area contributed by atoms with Crippen LogP contribution in [0.5, 0.6) is 0 Å². The van der Waals surface area contributed by atoms with Crippen molar-refractivity contribution in [2.75, 3.05) is 14.1 Å². The van der Waals surface area contributed by atoms with E-state index >= 15 is 0 Å². The molecule has 3 aromatic heterocycles. The third-order valence-corrected chi connectivity index (χ3v) is 4.13. The zero-order valence-corrected chi connectivity index (χ0v) is 15.0. The molecule has 0 bridgehead atoms. The van der Waals surface area contributed by atoms with E-state index < -0.39 is 0 Å². The lowest BCUT2D eigenvalue weighted by atomic mass is 10.1. The van der Waals surface area contributed by atoms with Crippen LogP contribution in [0.4, 0.5) is 0 Å². The number of rotatable bonds is 3. The first-order valence-corrected chi connectivity index (χ1v) is 8.50. The van der Waals surface area contributed by atoms with Crippen molar-refractivity contribution in [1.29, 1.82) is 0 Å². The van der Waals surface area contributed by atoms with Crippen molar-refractivity contribution in [3.8, 4) is 22.8 Å². The highest BCUT2D eigenvalue weighted by atomic mass is 16.2. The summed E-state index contributed by atoms with van der Waals surface area (Å²) in [5.74, 6) is -0.0770. The van der Waals surface area contributed by atoms with Crippen molar-refractivity contribution in [3.05, 3.63) is 72.6 Å². The van der Waals surface area contributed by atoms with Crippen LogP contribution in [0.15, 0.2) is 67.0 Å². The molecule has 0 aliphatic heterocycles. The summed E-state index contributed by atoms with van der Waals surface area (Å²) in [7, 11) is 3.45. The van der Waals surface area contributed by atoms with Crippen molar-refractivity contribution in [2.45, 2.75) is 0 Å². The molecule has 6 nitrogen and oxygen atoms in total. The SMILES string of the molecule is CN(C)C(=O)c1ccc2nc(-c3ccccn3)c(-c3ccccn3)nc2c1. The number of carbonyl (C=O) groups excluding carboxylic acids is 1. The molecule has 4 aromatic rings. The van der Waals surface area contributed by atoms with Gasteiger partial charge in [0.2, 0.25) is 0 Å². The minimum atomic E-state index is -0.0770. The number of amides is 1. The Labute approximate surface area is 156 Å². The van der Waals surface area contributed by atoms with Crippen LogP contribution >= 0.6 is 0 Å². The lowest BCUT2D eigenvalue weighted by Crippen LogP contribution is -2.21. The van der Waals surface area contributed by atoms with Gasteiger partial charge in [0, 0.05) is 32.1 Å². The number of hydrogen-bond donors (Lipinski definition) is 0. The number of hydrogen-bond acceptors (Lipinski definition) is 5. The molecule has 0 radical (unpaired) electrons. The predicted molar refractivity (Wildman–Crippen MR) is 104 cm³/mol. The number of benzene rings is 1. The highest BCUT2D eigenvalue weighted by molar-refractivity contribution is 5.97. The molecule has 0 aliphatic rings. The zero-order valence-electron chi connectivity index (χ0n) is 15.0. The van der Waals surface area contributed by atoms with Gasteiger partial charge in [-0.05, 0) is 42.5 Å². The fraction of sp³-hybridized carbons (Fsp3) is 0.0952. The first-order chi connectivity index (χ1) is 13.1. The van der Waals surface area contributed by atoms with Gasteiger partial charge in [-0.15, -0.1) is 0 Å². The van der Waals surface area contributed by atoms with E-state index in [2.05, 4.69) is 9.97 Å². The lowest BCUT2D eigenvalue weighted by Gasteiger charge is -2.12. The van der Waals surface area contributed by atoms with Crippen LogP contribution in [0.1, 0.15) is 10.4 Å². The first kappa shape index (κ1) is 16.8. The van der Waals surface area contributed by atoms with Gasteiger partial charge in [0.1, 0.15) is 11.4 Å². The molecule has 1 aromatic carbocycles. The number of nitrogens with zero attached hydrogens (tertiary/aromatic N) is 5. The number of pyridine rings is 2. The van der Waals surface area contributed by atoms with Gasteiger partial charge in [0.15, 0.2) is 0 Å². The fourth-order valence-electron chi connectivity index (χ4n) is 2.81. The van der Waals surface area contributed by atoms with Crippen LogP contribution in [0.2, 0.25) is 0 Å². The minimum absolute atomic E-state index is 0.0770. The molecule has 0 spiro atoms. The normalized spacial score (nSPS) is 10.7. The summed E-state index contributed by atoms with van der Waals surface area (Å²) in [6.07, 6.45) is 3.44. The summed E-state index contributed by atoms with van der Waals surface area (Å²) in [5.41, 5.74) is 4.63. The van der Waals surface area contributed by atoms with Crippen LogP contribution in [-0.4, -0.2) is 44.8 Å². The highest BCUT2D eigenvalue weighted by Crippen LogP contribution is 2.29. The molecule has 3 heterocycles. The molecular weight excluding hydrogens is 338 g/mol. The average Bonchev–Trinajstić information content (AvgIpc) is 2.73. The maximum Gasteiger partial charge on any atom is 0.253 e. The molecule has 6 heteroatoms. The Kier molecular flexibility index (Phi) is 4.30. The molecule has 0 N–H and O–H groups in total. The minimum Gasteiger partial charge on any atom is -0.345 e. The van der Waals surface area contributed by atoms with Gasteiger partial charge in [-0.25, -0.2) is 9.97 Å². The average molecular weight is 355 g/mol. The summed E-state index contributed by atoms with van der Waals surface area (Å²) in [5, 5.41) is 0. The molecule has 0 unspecified atom stereocenters. The lowest BCUT2D eigenvalue weighted by molar-refractivity contribution is 0.0827. The smallest absolute Gasteiger partial charge is 0.253 e. The zero-order chi connectivity index (χ0) is 18.8. The van der Waals surface area contributed by atoms with E-state index in [9.17, 15) is 4.79 Å². The Balaban J connectivity index is 1.96. The molecule has 0 aliphatic carbocycles. The van der Waals surface area contributed by atoms with Gasteiger partial charge in [0.05, 0.1) is 22.4 Å². The molecule has 1 amide bonds. The van der Waals surface area contributed by atoms with E-state index in [1.165, 1.54) is 4.90 Å². The number of carbonyl (C=O) groups is 1. The fourth-order valence-corrected chi connectivity index (χ4v) is 2.81. The van der Waals surface area contributed by atoms with Gasteiger partial charge in [0.25, 0.3) is 5.91 Å². The maximum atomic E-state index is 12.3. The second-order valence-corrected chi connectivity index (χ2v) is 6.25. The van der Waals surface area contributed by atoms with Crippen molar-refractivity contribution < 1.29 is 4.79 Å². The van der Waals surface area contributed by atoms with Crippen molar-refractivity contribution in [1.82, 2.24) is 24.8 Å². The van der Waals surface area contributed by atoms with Crippen molar-refractivity contribution in [3.63, 3.8) is 0 Å². The summed E-state index contributed by atoms with van der Waals surface area (Å²) in [6.45, 7) is 0. The Hall–Kier alpha value is -3.67. The van der Waals surface area contributed by atoms with Crippen LogP contribution in [0.25, 0.3) is 33.8 Å².